The molecule has 2 heterocycles. The van der Waals surface area contributed by atoms with Crippen LogP contribution in [0, 0.1) is 19.8 Å². The van der Waals surface area contributed by atoms with Gasteiger partial charge in [0.25, 0.3) is 0 Å². The van der Waals surface area contributed by atoms with Crippen molar-refractivity contribution < 1.29 is 14.6 Å². The van der Waals surface area contributed by atoms with Crippen molar-refractivity contribution in [3.8, 4) is 11.6 Å². The average molecular weight is 355 g/mol. The van der Waals surface area contributed by atoms with Crippen LogP contribution in [0.15, 0.2) is 36.5 Å². The van der Waals surface area contributed by atoms with E-state index in [2.05, 4.69) is 17.2 Å². The number of carbonyl (C=O) groups excluding carboxylic acids is 1. The minimum atomic E-state index is -0.331. The number of aliphatic hydroxyl groups is 1. The van der Waals surface area contributed by atoms with Gasteiger partial charge >= 0.3 is 6.03 Å². The van der Waals surface area contributed by atoms with Crippen molar-refractivity contribution in [1.82, 2.24) is 9.88 Å². The fraction of sp³-hybridized carbons (Fsp3) is 0.400. The number of hydrogen-bond donors (Lipinski definition) is 2. The lowest BCUT2D eigenvalue weighted by Gasteiger charge is -2.34. The Bertz CT molecular complexity index is 776. The fourth-order valence-electron chi connectivity index (χ4n) is 2.93. The Labute approximate surface area is 153 Å². The molecule has 138 valence electrons. The minimum Gasteiger partial charge on any atom is -0.439 e. The topological polar surface area (TPSA) is 74.7 Å². The van der Waals surface area contributed by atoms with Gasteiger partial charge in [0.2, 0.25) is 5.88 Å². The molecule has 1 fully saturated rings. The predicted molar refractivity (Wildman–Crippen MR) is 101 cm³/mol. The van der Waals surface area contributed by atoms with E-state index in [1.165, 1.54) is 5.56 Å². The summed E-state index contributed by atoms with van der Waals surface area (Å²) in [6.07, 6.45) is 1.86. The number of likely N-dealkylation sites (tertiary alicyclic amines) is 1. The maximum absolute atomic E-state index is 12.3. The number of aromatic nitrogens is 1. The number of carbonyl (C=O) groups is 1. The molecule has 3 rings (SSSR count). The van der Waals surface area contributed by atoms with Gasteiger partial charge in [-0.15, -0.1) is 0 Å². The van der Waals surface area contributed by atoms with Crippen LogP contribution in [0.2, 0.25) is 0 Å². The lowest BCUT2D eigenvalue weighted by Crippen LogP contribution is -2.46. The van der Waals surface area contributed by atoms with Gasteiger partial charge in [0, 0.05) is 19.2 Å². The van der Waals surface area contributed by atoms with Gasteiger partial charge < -0.3 is 20.1 Å². The van der Waals surface area contributed by atoms with E-state index >= 15 is 0 Å². The van der Waals surface area contributed by atoms with Gasteiger partial charge in [-0.05, 0) is 55.5 Å². The first-order valence-electron chi connectivity index (χ1n) is 8.87. The molecule has 0 spiro atoms. The van der Waals surface area contributed by atoms with Gasteiger partial charge in [-0.1, -0.05) is 13.0 Å². The van der Waals surface area contributed by atoms with E-state index in [9.17, 15) is 9.90 Å². The van der Waals surface area contributed by atoms with Crippen molar-refractivity contribution >= 4 is 11.7 Å². The number of nitrogens with one attached hydrogen (secondary N) is 1. The number of aliphatic hydroxyl groups excluding tert-OH is 1. The van der Waals surface area contributed by atoms with Gasteiger partial charge in [0.1, 0.15) is 5.75 Å². The highest BCUT2D eigenvalue weighted by Crippen LogP contribution is 2.23. The number of ether oxygens (including phenoxy) is 1. The van der Waals surface area contributed by atoms with E-state index < -0.39 is 0 Å². The van der Waals surface area contributed by atoms with Gasteiger partial charge in [0.05, 0.1) is 18.0 Å². The number of hydrogen-bond acceptors (Lipinski definition) is 4. The largest absolute Gasteiger partial charge is 0.439 e. The van der Waals surface area contributed by atoms with E-state index in [0.717, 1.165) is 11.3 Å². The summed E-state index contributed by atoms with van der Waals surface area (Å²) < 4.78 is 5.75. The third-order valence-electron chi connectivity index (χ3n) is 4.84. The standard InChI is InChI=1S/C20H25N3O3/c1-13-4-6-17(10-14(13)2)26-19-7-5-16(11-21-19)22-20(25)23-9-8-18(24)15(3)12-23/h4-7,10-11,15,18,24H,8-9,12H2,1-3H3,(H,22,25). The number of urea groups is 1. The number of nitrogens with zero attached hydrogens (tertiary/aromatic N) is 2. The summed E-state index contributed by atoms with van der Waals surface area (Å²) >= 11 is 0. The Hall–Kier alpha value is -2.60. The zero-order valence-electron chi connectivity index (χ0n) is 15.4. The molecule has 2 aromatic rings. The maximum atomic E-state index is 12.3. The van der Waals surface area contributed by atoms with E-state index in [4.69, 9.17) is 4.74 Å². The third-order valence-corrected chi connectivity index (χ3v) is 4.84. The highest BCUT2D eigenvalue weighted by Gasteiger charge is 2.27. The molecule has 0 aliphatic carbocycles. The van der Waals surface area contributed by atoms with Crippen LogP contribution < -0.4 is 10.1 Å². The zero-order valence-corrected chi connectivity index (χ0v) is 15.4. The van der Waals surface area contributed by atoms with Crippen LogP contribution in [0.1, 0.15) is 24.5 Å². The first kappa shape index (κ1) is 18.2. The lowest BCUT2D eigenvalue weighted by atomic mass is 9.97. The summed E-state index contributed by atoms with van der Waals surface area (Å²) in [5.74, 6) is 1.29. The summed E-state index contributed by atoms with van der Waals surface area (Å²) in [5.41, 5.74) is 2.98. The van der Waals surface area contributed by atoms with E-state index in [-0.39, 0.29) is 18.1 Å². The minimum absolute atomic E-state index is 0.0846. The van der Waals surface area contributed by atoms with Crippen molar-refractivity contribution in [1.29, 1.82) is 0 Å². The molecule has 1 aromatic heterocycles. The second-order valence-electron chi connectivity index (χ2n) is 6.94. The molecule has 0 radical (unpaired) electrons. The number of pyridine rings is 1. The molecule has 0 saturated carbocycles. The number of piperidine rings is 1. The smallest absolute Gasteiger partial charge is 0.321 e. The van der Waals surface area contributed by atoms with Crippen LogP contribution in [0.3, 0.4) is 0 Å². The first-order chi connectivity index (χ1) is 12.4. The molecule has 1 aliphatic rings. The highest BCUT2D eigenvalue weighted by molar-refractivity contribution is 5.89. The van der Waals surface area contributed by atoms with Gasteiger partial charge in [0.15, 0.2) is 0 Å². The third kappa shape index (κ3) is 4.32. The quantitative estimate of drug-likeness (QED) is 0.880. The van der Waals surface area contributed by atoms with E-state index in [0.29, 0.717) is 31.1 Å². The number of anilines is 1. The Morgan fingerprint density at radius 2 is 2.08 bits per heavy atom. The van der Waals surface area contributed by atoms with Crippen LogP contribution in [-0.4, -0.2) is 40.2 Å². The van der Waals surface area contributed by atoms with Gasteiger partial charge in [-0.3, -0.25) is 0 Å². The molecule has 1 saturated heterocycles. The van der Waals surface area contributed by atoms with Crippen molar-refractivity contribution in [2.24, 2.45) is 5.92 Å². The lowest BCUT2D eigenvalue weighted by molar-refractivity contribution is 0.0506. The summed E-state index contributed by atoms with van der Waals surface area (Å²) in [7, 11) is 0. The molecule has 2 unspecified atom stereocenters. The summed E-state index contributed by atoms with van der Waals surface area (Å²) in [6.45, 7) is 7.14. The second-order valence-corrected chi connectivity index (χ2v) is 6.94. The fourth-order valence-corrected chi connectivity index (χ4v) is 2.93. The van der Waals surface area contributed by atoms with Crippen LogP contribution in [0.4, 0.5) is 10.5 Å². The molecule has 2 N–H and O–H groups in total. The molecule has 1 aliphatic heterocycles. The first-order valence-corrected chi connectivity index (χ1v) is 8.87. The monoisotopic (exact) mass is 355 g/mol. The van der Waals surface area contributed by atoms with Gasteiger partial charge in [-0.25, -0.2) is 9.78 Å². The molecule has 2 atom stereocenters. The molecule has 6 nitrogen and oxygen atoms in total. The van der Waals surface area contributed by atoms with Crippen molar-refractivity contribution in [2.45, 2.75) is 33.3 Å². The van der Waals surface area contributed by atoms with Crippen molar-refractivity contribution in [3.63, 3.8) is 0 Å². The van der Waals surface area contributed by atoms with Crippen LogP contribution in [0.5, 0.6) is 11.6 Å². The van der Waals surface area contributed by atoms with Crippen LogP contribution >= 0.6 is 0 Å². The molecular weight excluding hydrogens is 330 g/mol. The normalized spacial score (nSPS) is 19.9. The highest BCUT2D eigenvalue weighted by atomic mass is 16.5. The Morgan fingerprint density at radius 3 is 2.73 bits per heavy atom. The van der Waals surface area contributed by atoms with Crippen molar-refractivity contribution in [3.05, 3.63) is 47.7 Å². The second kappa shape index (κ2) is 7.74. The Balaban J connectivity index is 1.59. The zero-order chi connectivity index (χ0) is 18.7. The summed E-state index contributed by atoms with van der Waals surface area (Å²) in [6, 6.07) is 9.21. The number of aryl methyl sites for hydroxylation is 2. The number of amides is 2. The van der Waals surface area contributed by atoms with Crippen LogP contribution in [-0.2, 0) is 0 Å². The molecular formula is C20H25N3O3. The molecule has 2 amide bonds. The molecule has 1 aromatic carbocycles. The number of benzene rings is 1. The molecule has 26 heavy (non-hydrogen) atoms. The molecule has 0 bridgehead atoms. The van der Waals surface area contributed by atoms with E-state index in [1.54, 1.807) is 23.2 Å². The summed E-state index contributed by atoms with van der Waals surface area (Å²) in [5, 5.41) is 12.6. The maximum Gasteiger partial charge on any atom is 0.321 e. The summed E-state index contributed by atoms with van der Waals surface area (Å²) in [4.78, 5) is 18.3. The van der Waals surface area contributed by atoms with Crippen LogP contribution in [0.25, 0.3) is 0 Å². The van der Waals surface area contributed by atoms with Gasteiger partial charge in [-0.2, -0.15) is 0 Å². The SMILES string of the molecule is Cc1ccc(Oc2ccc(NC(=O)N3CCC(O)C(C)C3)cn2)cc1C. The Kier molecular flexibility index (Phi) is 5.42. The number of rotatable bonds is 3. The van der Waals surface area contributed by atoms with E-state index in [1.807, 2.05) is 32.0 Å². The average Bonchev–Trinajstić information content (AvgIpc) is 2.62. The molecule has 6 heteroatoms. The van der Waals surface area contributed by atoms with Crippen molar-refractivity contribution in [2.75, 3.05) is 18.4 Å². The predicted octanol–water partition coefficient (Wildman–Crippen LogP) is 3.73. The Morgan fingerprint density at radius 1 is 1.27 bits per heavy atom.